The van der Waals surface area contributed by atoms with Crippen molar-refractivity contribution in [2.24, 2.45) is 5.73 Å². The van der Waals surface area contributed by atoms with Crippen LogP contribution in [-0.2, 0) is 32.0 Å². The van der Waals surface area contributed by atoms with Crippen LogP contribution in [0.5, 0.6) is 0 Å². The van der Waals surface area contributed by atoms with E-state index in [4.69, 9.17) is 19.7 Å². The van der Waals surface area contributed by atoms with Gasteiger partial charge in [0.15, 0.2) is 40.6 Å². The van der Waals surface area contributed by atoms with E-state index in [1.54, 1.807) is 0 Å². The molecule has 0 radical (unpaired) electrons. The fourth-order valence-corrected chi connectivity index (χ4v) is 7.26. The van der Waals surface area contributed by atoms with Gasteiger partial charge in [0.2, 0.25) is 0 Å². The van der Waals surface area contributed by atoms with Crippen molar-refractivity contribution in [1.82, 2.24) is 19.5 Å². The van der Waals surface area contributed by atoms with Crippen LogP contribution in [0.1, 0.15) is 22.8 Å². The van der Waals surface area contributed by atoms with Gasteiger partial charge in [0.05, 0.1) is 19.5 Å². The fourth-order valence-electron chi connectivity index (χ4n) is 4.62. The van der Waals surface area contributed by atoms with E-state index in [9.17, 15) is 48.9 Å². The summed E-state index contributed by atoms with van der Waals surface area (Å²) in [7, 11) is -10.8. The number of amides is 1. The van der Waals surface area contributed by atoms with E-state index >= 15 is 0 Å². The predicted molar refractivity (Wildman–Crippen MR) is 145 cm³/mol. The first-order chi connectivity index (χ1) is 21.1. The lowest BCUT2D eigenvalue weighted by Crippen LogP contribution is -2.46. The summed E-state index contributed by atoms with van der Waals surface area (Å²) in [6, 6.07) is 2.82. The number of fused-ring (bicyclic) bond motifs is 1. The first kappa shape index (κ1) is 33.8. The smallest absolute Gasteiger partial charge is 0.387 e. The Labute approximate surface area is 259 Å². The molecule has 3 aromatic rings. The standard InChI is InChI=1S/C21H25BrN6O15P2/c22-21-26-11-17(24-7-25-18(11)34)28(21)20-15(32)13(30)10(42-20)6-40-45(37,38)43-44(35,36)39-5-9-12(29)14(31)19(41-9)27-3-1-2-8(4-27)16(23)33/h1-4,7,9-10,12-15,19-20,29-32H,5-6H2,(H4-,23,24,25,33,34,35,36,37,38)/p+1/t9-,10+,12-,13+,14-,15+,19-,20+/m0/s1. The van der Waals surface area contributed by atoms with Gasteiger partial charge >= 0.3 is 15.6 Å². The van der Waals surface area contributed by atoms with Gasteiger partial charge in [-0.05, 0) is 22.0 Å². The Hall–Kier alpha value is -2.53. The third kappa shape index (κ3) is 7.09. The number of hydrogen-bond acceptors (Lipinski definition) is 15. The maximum atomic E-state index is 12.5. The number of aliphatic hydroxyl groups is 4. The van der Waals surface area contributed by atoms with Crippen LogP contribution < -0.4 is 15.9 Å². The van der Waals surface area contributed by atoms with Crippen LogP contribution in [0.15, 0.2) is 40.4 Å². The molecule has 2 aliphatic rings. The topological polar surface area (TPSA) is 312 Å². The first-order valence-electron chi connectivity index (χ1n) is 12.7. The normalized spacial score (nSPS) is 31.2. The summed E-state index contributed by atoms with van der Waals surface area (Å²) in [6.07, 6.45) is -8.55. The molecule has 2 fully saturated rings. The van der Waals surface area contributed by atoms with Crippen LogP contribution in [0, 0.1) is 0 Å². The predicted octanol–water partition coefficient (Wildman–Crippen LogP) is -2.54. The van der Waals surface area contributed by atoms with E-state index in [-0.39, 0.29) is 21.5 Å². The number of pyridine rings is 1. The van der Waals surface area contributed by atoms with Crippen molar-refractivity contribution in [3.63, 3.8) is 0 Å². The second-order valence-electron chi connectivity index (χ2n) is 9.76. The zero-order valence-corrected chi connectivity index (χ0v) is 25.8. The molecule has 5 heterocycles. The molecule has 21 nitrogen and oxygen atoms in total. The number of ether oxygens (including phenoxy) is 2. The number of hydrogen-bond donors (Lipinski definition) is 8. The summed E-state index contributed by atoms with van der Waals surface area (Å²) in [5, 5.41) is 41.7. The molecule has 2 saturated heterocycles. The molecular formula is C21H26BrN6O15P2+. The number of aliphatic hydroxyl groups excluding tert-OH is 4. The molecular weight excluding hydrogens is 718 g/mol. The molecule has 1 amide bonds. The molecule has 2 aliphatic heterocycles. The average Bonchev–Trinajstić information content (AvgIpc) is 3.56. The van der Waals surface area contributed by atoms with Crippen LogP contribution >= 0.6 is 31.6 Å². The molecule has 10 atom stereocenters. The highest BCUT2D eigenvalue weighted by atomic mass is 79.9. The number of H-pyrrole nitrogens is 1. The molecule has 2 unspecified atom stereocenters. The van der Waals surface area contributed by atoms with Crippen molar-refractivity contribution in [2.75, 3.05) is 13.2 Å². The second kappa shape index (κ2) is 12.9. The molecule has 9 N–H and O–H groups in total. The fraction of sp³-hybridized carbons (Fsp3) is 0.476. The summed E-state index contributed by atoms with van der Waals surface area (Å²) in [6.45, 7) is -1.86. The first-order valence-corrected chi connectivity index (χ1v) is 16.5. The van der Waals surface area contributed by atoms with Gasteiger partial charge in [0.1, 0.15) is 36.1 Å². The van der Waals surface area contributed by atoms with Gasteiger partial charge in [0.25, 0.3) is 17.7 Å². The summed E-state index contributed by atoms with van der Waals surface area (Å²) in [5.41, 5.74) is 4.57. The number of phosphoric ester groups is 2. The van der Waals surface area contributed by atoms with E-state index < -0.39 is 89.4 Å². The zero-order valence-electron chi connectivity index (χ0n) is 22.4. The van der Waals surface area contributed by atoms with E-state index in [0.717, 1.165) is 10.9 Å². The van der Waals surface area contributed by atoms with E-state index in [1.807, 2.05) is 0 Å². The zero-order chi connectivity index (χ0) is 32.8. The van der Waals surface area contributed by atoms with Gasteiger partial charge < -0.3 is 50.4 Å². The molecule has 0 aromatic carbocycles. The maximum Gasteiger partial charge on any atom is 0.481 e. The molecule has 0 saturated carbocycles. The van der Waals surface area contributed by atoms with E-state index in [1.165, 1.54) is 29.1 Å². The van der Waals surface area contributed by atoms with Crippen molar-refractivity contribution in [3.05, 3.63) is 51.5 Å². The molecule has 0 aliphatic carbocycles. The molecule has 0 spiro atoms. The Morgan fingerprint density at radius 1 is 1.07 bits per heavy atom. The quantitative estimate of drug-likeness (QED) is 0.0570. The molecule has 246 valence electrons. The largest absolute Gasteiger partial charge is 0.481 e. The molecule has 3 aromatic heterocycles. The van der Waals surface area contributed by atoms with Crippen LogP contribution in [0.25, 0.3) is 11.2 Å². The van der Waals surface area contributed by atoms with Gasteiger partial charge in [-0.1, -0.05) is 0 Å². The summed E-state index contributed by atoms with van der Waals surface area (Å²) < 4.78 is 51.9. The minimum absolute atomic E-state index is 0.00187. The molecule has 5 rings (SSSR count). The van der Waals surface area contributed by atoms with Crippen molar-refractivity contribution < 1.29 is 71.5 Å². The Balaban J connectivity index is 1.17. The maximum absolute atomic E-state index is 12.5. The van der Waals surface area contributed by atoms with E-state index in [0.29, 0.717) is 0 Å². The number of aromatic amines is 1. The van der Waals surface area contributed by atoms with Crippen LogP contribution in [0.3, 0.4) is 0 Å². The number of carbonyl (C=O) groups is 1. The third-order valence-corrected chi connectivity index (χ3v) is 9.94. The monoisotopic (exact) mass is 743 g/mol. The highest BCUT2D eigenvalue weighted by Crippen LogP contribution is 2.60. The Morgan fingerprint density at radius 3 is 2.33 bits per heavy atom. The molecule has 24 heteroatoms. The number of nitrogens with two attached hydrogens (primary N) is 1. The number of carbonyl (C=O) groups excluding carboxylic acids is 1. The number of rotatable bonds is 11. The lowest BCUT2D eigenvalue weighted by atomic mass is 10.1. The summed E-state index contributed by atoms with van der Waals surface area (Å²) in [4.78, 5) is 53.8. The van der Waals surface area contributed by atoms with Gasteiger partial charge in [-0.15, -0.1) is 0 Å². The van der Waals surface area contributed by atoms with Crippen molar-refractivity contribution in [2.45, 2.75) is 49.1 Å². The van der Waals surface area contributed by atoms with Gasteiger partial charge in [-0.3, -0.25) is 23.2 Å². The molecule has 0 bridgehead atoms. The number of imidazole rings is 1. The average molecular weight is 744 g/mol. The highest BCUT2D eigenvalue weighted by molar-refractivity contribution is 9.10. The minimum Gasteiger partial charge on any atom is -0.387 e. The lowest BCUT2D eigenvalue weighted by molar-refractivity contribution is -0.765. The van der Waals surface area contributed by atoms with Gasteiger partial charge in [0, 0.05) is 6.07 Å². The highest BCUT2D eigenvalue weighted by Gasteiger charge is 2.50. The number of primary amides is 1. The third-order valence-electron chi connectivity index (χ3n) is 6.78. The van der Waals surface area contributed by atoms with Crippen molar-refractivity contribution in [3.8, 4) is 0 Å². The van der Waals surface area contributed by atoms with E-state index in [2.05, 4.69) is 39.7 Å². The van der Waals surface area contributed by atoms with Gasteiger partial charge in [-0.2, -0.15) is 8.88 Å². The number of nitrogens with one attached hydrogen (secondary N) is 1. The Kier molecular flexibility index (Phi) is 9.72. The van der Waals surface area contributed by atoms with Gasteiger partial charge in [-0.25, -0.2) is 19.1 Å². The van der Waals surface area contributed by atoms with Crippen molar-refractivity contribution in [1.29, 1.82) is 0 Å². The van der Waals surface area contributed by atoms with Crippen molar-refractivity contribution >= 4 is 48.6 Å². The number of phosphoric acid groups is 2. The van der Waals surface area contributed by atoms with Crippen LogP contribution in [-0.4, -0.2) is 105 Å². The number of aromatic nitrogens is 5. The van der Waals surface area contributed by atoms with Crippen LogP contribution in [0.2, 0.25) is 0 Å². The molecule has 45 heavy (non-hydrogen) atoms. The minimum atomic E-state index is -5.41. The second-order valence-corrected chi connectivity index (χ2v) is 13.5. The Morgan fingerprint density at radius 2 is 1.69 bits per heavy atom. The summed E-state index contributed by atoms with van der Waals surface area (Å²) >= 11 is 3.12. The van der Waals surface area contributed by atoms with Crippen LogP contribution in [0.4, 0.5) is 0 Å². The SMILES string of the molecule is NC(=O)c1ccc[n+]([C@H]2O[C@@H](COP(=O)(O)OP(=O)(O)OC[C@H]3O[C@@H](n4c(Br)nc5c(=O)[nH]cnc54)[C@H](O)[C@@H]3O)[C@H](O)[C@@H]2O)c1. The lowest BCUT2D eigenvalue weighted by Gasteiger charge is -2.20. The summed E-state index contributed by atoms with van der Waals surface area (Å²) in [5.74, 6) is -0.772. The number of nitrogens with zero attached hydrogens (tertiary/aromatic N) is 4. The number of halogens is 1. The Bertz CT molecular complexity index is 1740.